The second kappa shape index (κ2) is 7.28. The fraction of sp³-hybridized carbons (Fsp3) is 0.684. The van der Waals surface area contributed by atoms with E-state index in [1.54, 1.807) is 0 Å². The van der Waals surface area contributed by atoms with Gasteiger partial charge in [-0.1, -0.05) is 61.8 Å². The van der Waals surface area contributed by atoms with Crippen LogP contribution in [0, 0.1) is 17.3 Å². The van der Waals surface area contributed by atoms with Crippen LogP contribution >= 0.6 is 15.9 Å². The standard InChI is InChI=1S/C19H30BrN/c1-5-21-18-11-10-16(19(2,3)4)13-15(18)12-14-8-6-7-9-17(14)20/h6-9,15-16,18,21H,5,10-13H2,1-4H3. The number of nitrogens with one attached hydrogen (secondary N) is 1. The lowest BCUT2D eigenvalue weighted by atomic mass is 9.66. The first kappa shape index (κ1) is 17.0. The number of benzene rings is 1. The Morgan fingerprint density at radius 3 is 2.52 bits per heavy atom. The minimum atomic E-state index is 0.434. The molecule has 2 heteroatoms. The maximum Gasteiger partial charge on any atom is 0.0207 e. The molecule has 3 atom stereocenters. The third-order valence-corrected chi connectivity index (χ3v) is 5.89. The van der Waals surface area contributed by atoms with Gasteiger partial charge >= 0.3 is 0 Å². The summed E-state index contributed by atoms with van der Waals surface area (Å²) in [7, 11) is 0. The third kappa shape index (κ3) is 4.56. The lowest BCUT2D eigenvalue weighted by molar-refractivity contribution is 0.114. The molecule has 0 heterocycles. The highest BCUT2D eigenvalue weighted by Gasteiger charge is 2.35. The summed E-state index contributed by atoms with van der Waals surface area (Å²) >= 11 is 3.72. The molecule has 0 radical (unpaired) electrons. The van der Waals surface area contributed by atoms with Crippen molar-refractivity contribution in [1.29, 1.82) is 0 Å². The molecule has 2 rings (SSSR count). The molecule has 0 aromatic heterocycles. The van der Waals surface area contributed by atoms with Gasteiger partial charge in [-0.15, -0.1) is 0 Å². The van der Waals surface area contributed by atoms with Crippen molar-refractivity contribution in [3.63, 3.8) is 0 Å². The van der Waals surface area contributed by atoms with Gasteiger partial charge in [-0.3, -0.25) is 0 Å². The summed E-state index contributed by atoms with van der Waals surface area (Å²) in [6.45, 7) is 10.5. The zero-order valence-electron chi connectivity index (χ0n) is 14.0. The molecule has 1 nitrogen and oxygen atoms in total. The van der Waals surface area contributed by atoms with Crippen molar-refractivity contribution in [3.8, 4) is 0 Å². The predicted octanol–water partition coefficient (Wildman–Crippen LogP) is 5.43. The Kier molecular flexibility index (Phi) is 5.90. The first-order valence-electron chi connectivity index (χ1n) is 8.38. The van der Waals surface area contributed by atoms with Crippen LogP contribution in [0.3, 0.4) is 0 Å². The first-order chi connectivity index (χ1) is 9.91. The maximum absolute atomic E-state index is 3.73. The topological polar surface area (TPSA) is 12.0 Å². The largest absolute Gasteiger partial charge is 0.314 e. The summed E-state index contributed by atoms with van der Waals surface area (Å²) in [5.74, 6) is 1.60. The molecule has 1 saturated carbocycles. The van der Waals surface area contributed by atoms with Gasteiger partial charge in [-0.2, -0.15) is 0 Å². The number of hydrogen-bond acceptors (Lipinski definition) is 1. The predicted molar refractivity (Wildman–Crippen MR) is 95.6 cm³/mol. The first-order valence-corrected chi connectivity index (χ1v) is 9.18. The molecular formula is C19H30BrN. The Hall–Kier alpha value is -0.340. The van der Waals surface area contributed by atoms with Crippen molar-refractivity contribution < 1.29 is 0 Å². The van der Waals surface area contributed by atoms with Crippen LogP contribution < -0.4 is 5.32 Å². The van der Waals surface area contributed by atoms with E-state index in [9.17, 15) is 0 Å². The van der Waals surface area contributed by atoms with E-state index < -0.39 is 0 Å². The number of hydrogen-bond donors (Lipinski definition) is 1. The van der Waals surface area contributed by atoms with Gasteiger partial charge in [-0.05, 0) is 61.1 Å². The van der Waals surface area contributed by atoms with Crippen LogP contribution in [0.25, 0.3) is 0 Å². The Balaban J connectivity index is 2.12. The van der Waals surface area contributed by atoms with Gasteiger partial charge in [0.05, 0.1) is 0 Å². The average molecular weight is 352 g/mol. The summed E-state index contributed by atoms with van der Waals surface area (Å²) in [6, 6.07) is 9.39. The van der Waals surface area contributed by atoms with Gasteiger partial charge in [0.1, 0.15) is 0 Å². The van der Waals surface area contributed by atoms with Crippen LogP contribution in [-0.4, -0.2) is 12.6 Å². The fourth-order valence-corrected chi connectivity index (χ4v) is 4.20. The summed E-state index contributed by atoms with van der Waals surface area (Å²) in [5, 5.41) is 3.73. The van der Waals surface area contributed by atoms with Crippen LogP contribution in [-0.2, 0) is 6.42 Å². The van der Waals surface area contributed by atoms with Gasteiger partial charge in [0.15, 0.2) is 0 Å². The Morgan fingerprint density at radius 2 is 1.90 bits per heavy atom. The molecule has 1 aliphatic carbocycles. The SMILES string of the molecule is CCNC1CCC(C(C)(C)C)CC1Cc1ccccc1Br. The Morgan fingerprint density at radius 1 is 1.19 bits per heavy atom. The smallest absolute Gasteiger partial charge is 0.0207 e. The maximum atomic E-state index is 3.73. The highest BCUT2D eigenvalue weighted by atomic mass is 79.9. The van der Waals surface area contributed by atoms with E-state index in [1.165, 1.54) is 35.7 Å². The van der Waals surface area contributed by atoms with E-state index in [4.69, 9.17) is 0 Å². The molecule has 1 N–H and O–H groups in total. The quantitative estimate of drug-likeness (QED) is 0.762. The molecule has 1 aromatic rings. The molecule has 0 amide bonds. The van der Waals surface area contributed by atoms with Crippen LogP contribution in [0.4, 0.5) is 0 Å². The normalized spacial score (nSPS) is 26.8. The van der Waals surface area contributed by atoms with Crippen molar-refractivity contribution in [3.05, 3.63) is 34.3 Å². The van der Waals surface area contributed by atoms with Gasteiger partial charge in [0.25, 0.3) is 0 Å². The van der Waals surface area contributed by atoms with E-state index in [1.807, 2.05) is 0 Å². The molecular weight excluding hydrogens is 322 g/mol. The summed E-state index contributed by atoms with van der Waals surface area (Å²) in [6.07, 6.45) is 5.23. The number of rotatable bonds is 4. The molecule has 0 saturated heterocycles. The van der Waals surface area contributed by atoms with Crippen molar-refractivity contribution in [2.75, 3.05) is 6.54 Å². The van der Waals surface area contributed by atoms with Crippen molar-refractivity contribution in [1.82, 2.24) is 5.32 Å². The second-order valence-electron chi connectivity index (χ2n) is 7.60. The molecule has 0 spiro atoms. The molecule has 3 unspecified atom stereocenters. The van der Waals surface area contributed by atoms with E-state index in [-0.39, 0.29) is 0 Å². The summed E-state index contributed by atoms with van der Waals surface area (Å²) < 4.78 is 1.26. The van der Waals surface area contributed by atoms with Gasteiger partial charge in [0.2, 0.25) is 0 Å². The van der Waals surface area contributed by atoms with Crippen LogP contribution in [0.5, 0.6) is 0 Å². The van der Waals surface area contributed by atoms with Crippen LogP contribution in [0.15, 0.2) is 28.7 Å². The zero-order chi connectivity index (χ0) is 15.5. The minimum absolute atomic E-state index is 0.434. The fourth-order valence-electron chi connectivity index (χ4n) is 3.75. The van der Waals surface area contributed by atoms with Crippen molar-refractivity contribution in [2.45, 2.75) is 59.4 Å². The molecule has 1 aromatic carbocycles. The van der Waals surface area contributed by atoms with Gasteiger partial charge in [0, 0.05) is 10.5 Å². The molecule has 1 fully saturated rings. The molecule has 1 aliphatic rings. The monoisotopic (exact) mass is 351 g/mol. The molecule has 0 aliphatic heterocycles. The van der Waals surface area contributed by atoms with Crippen LogP contribution in [0.1, 0.15) is 52.5 Å². The van der Waals surface area contributed by atoms with E-state index >= 15 is 0 Å². The zero-order valence-corrected chi connectivity index (χ0v) is 15.5. The van der Waals surface area contributed by atoms with E-state index in [0.29, 0.717) is 11.5 Å². The number of halogens is 1. The second-order valence-corrected chi connectivity index (χ2v) is 8.45. The van der Waals surface area contributed by atoms with E-state index in [2.05, 4.69) is 73.2 Å². The highest BCUT2D eigenvalue weighted by molar-refractivity contribution is 9.10. The lowest BCUT2D eigenvalue weighted by Gasteiger charge is -2.42. The molecule has 0 bridgehead atoms. The average Bonchev–Trinajstić information content (AvgIpc) is 2.42. The lowest BCUT2D eigenvalue weighted by Crippen LogP contribution is -2.43. The molecule has 21 heavy (non-hydrogen) atoms. The minimum Gasteiger partial charge on any atom is -0.314 e. The molecule has 118 valence electrons. The summed E-state index contributed by atoms with van der Waals surface area (Å²) in [4.78, 5) is 0. The summed E-state index contributed by atoms with van der Waals surface area (Å²) in [5.41, 5.74) is 1.89. The van der Waals surface area contributed by atoms with E-state index in [0.717, 1.165) is 18.4 Å². The van der Waals surface area contributed by atoms with Crippen molar-refractivity contribution in [2.24, 2.45) is 17.3 Å². The Bertz CT molecular complexity index is 449. The van der Waals surface area contributed by atoms with Gasteiger partial charge in [-0.25, -0.2) is 0 Å². The third-order valence-electron chi connectivity index (χ3n) is 5.11. The van der Waals surface area contributed by atoms with Gasteiger partial charge < -0.3 is 5.32 Å². The highest BCUT2D eigenvalue weighted by Crippen LogP contribution is 2.41. The van der Waals surface area contributed by atoms with Crippen LogP contribution in [0.2, 0.25) is 0 Å². The van der Waals surface area contributed by atoms with Crippen molar-refractivity contribution >= 4 is 15.9 Å². The Labute approximate surface area is 139 Å².